The highest BCUT2D eigenvalue weighted by molar-refractivity contribution is 9.10. The van der Waals surface area contributed by atoms with E-state index in [1.165, 1.54) is 0 Å². The predicted octanol–water partition coefficient (Wildman–Crippen LogP) is 9.69. The van der Waals surface area contributed by atoms with E-state index in [-0.39, 0.29) is 5.75 Å². The molecule has 0 bridgehead atoms. The van der Waals surface area contributed by atoms with E-state index in [2.05, 4.69) is 110 Å². The smallest absolute Gasteiger partial charge is 0.149 e. The second kappa shape index (κ2) is 8.44. The number of hydrogen-bond donors (Lipinski definition) is 1. The molecule has 7 rings (SSSR count). The van der Waals surface area contributed by atoms with Crippen molar-refractivity contribution in [1.82, 2.24) is 9.55 Å². The molecule has 1 N–H and O–H groups in total. The lowest BCUT2D eigenvalue weighted by Crippen LogP contribution is -1.98. The van der Waals surface area contributed by atoms with Crippen molar-refractivity contribution in [3.63, 3.8) is 0 Å². The number of nitrogens with zero attached hydrogens (tertiary/aromatic N) is 2. The normalized spacial score (nSPS) is 11.8. The maximum Gasteiger partial charge on any atom is 0.149 e. The zero-order valence-electron chi connectivity index (χ0n) is 19.8. The number of hydrogen-bond acceptors (Lipinski definition) is 2. The number of benzene rings is 6. The maximum absolute atomic E-state index is 11.3. The highest BCUT2D eigenvalue weighted by Crippen LogP contribution is 2.43. The Morgan fingerprint density at radius 1 is 0.676 bits per heavy atom. The van der Waals surface area contributed by atoms with Crippen molar-refractivity contribution < 1.29 is 5.11 Å². The summed E-state index contributed by atoms with van der Waals surface area (Å²) in [7, 11) is 0. The van der Waals surface area contributed by atoms with Crippen molar-refractivity contribution >= 4 is 75.2 Å². The number of phenols is 1. The molecule has 0 saturated carbocycles. The minimum absolute atomic E-state index is 0.210. The van der Waals surface area contributed by atoms with E-state index < -0.39 is 0 Å². The lowest BCUT2D eigenvalue weighted by Gasteiger charge is -2.14. The fraction of sp³-hybridized carbons (Fsp3) is 0.0312. The quantitative estimate of drug-likeness (QED) is 0.199. The van der Waals surface area contributed by atoms with E-state index in [0.29, 0.717) is 11.4 Å². The van der Waals surface area contributed by atoms with Crippen molar-refractivity contribution in [2.75, 3.05) is 0 Å². The van der Waals surface area contributed by atoms with Crippen molar-refractivity contribution in [3.8, 4) is 22.8 Å². The number of imidazole rings is 1. The van der Waals surface area contributed by atoms with Gasteiger partial charge in [0.2, 0.25) is 0 Å². The topological polar surface area (TPSA) is 38.0 Å². The van der Waals surface area contributed by atoms with Crippen LogP contribution in [0, 0.1) is 6.92 Å². The van der Waals surface area contributed by atoms with Gasteiger partial charge < -0.3 is 5.11 Å². The van der Waals surface area contributed by atoms with E-state index in [9.17, 15) is 5.11 Å². The molecule has 1 aromatic heterocycles. The molecule has 178 valence electrons. The summed E-state index contributed by atoms with van der Waals surface area (Å²) in [6.07, 6.45) is 0. The average Bonchev–Trinajstić information content (AvgIpc) is 3.29. The van der Waals surface area contributed by atoms with Gasteiger partial charge in [0.15, 0.2) is 0 Å². The molecule has 7 aromatic rings. The Kier molecular flexibility index (Phi) is 5.14. The molecule has 0 amide bonds. The maximum atomic E-state index is 11.3. The van der Waals surface area contributed by atoms with E-state index in [1.807, 2.05) is 30.3 Å². The van der Waals surface area contributed by atoms with Crippen LogP contribution in [-0.4, -0.2) is 14.7 Å². The van der Waals surface area contributed by atoms with Crippen LogP contribution < -0.4 is 0 Å². The molecule has 0 atom stereocenters. The highest BCUT2D eigenvalue weighted by atomic mass is 79.9. The molecule has 5 heteroatoms. The van der Waals surface area contributed by atoms with E-state index in [1.54, 1.807) is 0 Å². The molecule has 37 heavy (non-hydrogen) atoms. The SMILES string of the molecule is Cc1ccc2cc(-c3nc4c5cc(Br)ccc5c5ccc(Br)cc5c4n3-c3ccccc3)c(O)cc2c1. The number of para-hydroxylation sites is 1. The van der Waals surface area contributed by atoms with Gasteiger partial charge in [-0.2, -0.15) is 0 Å². The molecule has 3 nitrogen and oxygen atoms in total. The Hall–Kier alpha value is -3.67. The van der Waals surface area contributed by atoms with Crippen LogP contribution in [0.25, 0.3) is 60.4 Å². The van der Waals surface area contributed by atoms with Crippen molar-refractivity contribution in [1.29, 1.82) is 0 Å². The molecule has 0 aliphatic carbocycles. The van der Waals surface area contributed by atoms with Gasteiger partial charge >= 0.3 is 0 Å². The first kappa shape index (κ1) is 22.5. The summed E-state index contributed by atoms with van der Waals surface area (Å²) in [6, 6.07) is 33.2. The van der Waals surface area contributed by atoms with Crippen molar-refractivity contribution in [3.05, 3.63) is 112 Å². The number of phenolic OH excluding ortho intramolecular Hbond substituents is 1. The van der Waals surface area contributed by atoms with Crippen LogP contribution in [0.15, 0.2) is 106 Å². The minimum Gasteiger partial charge on any atom is -0.507 e. The van der Waals surface area contributed by atoms with Gasteiger partial charge in [0.25, 0.3) is 0 Å². The van der Waals surface area contributed by atoms with Gasteiger partial charge in [0.1, 0.15) is 11.6 Å². The van der Waals surface area contributed by atoms with Crippen LogP contribution in [0.2, 0.25) is 0 Å². The van der Waals surface area contributed by atoms with E-state index >= 15 is 0 Å². The Morgan fingerprint density at radius 2 is 1.38 bits per heavy atom. The summed E-state index contributed by atoms with van der Waals surface area (Å²) < 4.78 is 4.18. The van der Waals surface area contributed by atoms with E-state index in [4.69, 9.17) is 4.98 Å². The monoisotopic (exact) mass is 606 g/mol. The molecular weight excluding hydrogens is 588 g/mol. The Morgan fingerprint density at radius 3 is 2.14 bits per heavy atom. The Balaban J connectivity index is 1.71. The standard InChI is InChI=1S/C32H20Br2N2O/c1-18-7-8-19-14-28(29(37)15-20(19)13-18)32-35-30-26-16-21(33)9-11-24(26)25-12-10-22(34)17-27(25)31(30)36(32)23-5-3-2-4-6-23/h2-17,37H,1H3. The van der Waals surface area contributed by atoms with Crippen molar-refractivity contribution in [2.24, 2.45) is 0 Å². The van der Waals surface area contributed by atoms with E-state index in [0.717, 1.165) is 63.5 Å². The van der Waals surface area contributed by atoms with Gasteiger partial charge in [-0.05, 0) is 77.0 Å². The van der Waals surface area contributed by atoms with Crippen LogP contribution in [0.3, 0.4) is 0 Å². The lowest BCUT2D eigenvalue weighted by atomic mass is 10.00. The summed E-state index contributed by atoms with van der Waals surface area (Å²) in [5.74, 6) is 0.913. The van der Waals surface area contributed by atoms with Gasteiger partial charge in [0, 0.05) is 25.4 Å². The van der Waals surface area contributed by atoms with Crippen LogP contribution in [0.1, 0.15) is 5.56 Å². The largest absolute Gasteiger partial charge is 0.507 e. The molecule has 0 spiro atoms. The van der Waals surface area contributed by atoms with Crippen LogP contribution in [0.4, 0.5) is 0 Å². The first-order valence-corrected chi connectivity index (χ1v) is 13.6. The number of aromatic nitrogens is 2. The Bertz CT molecular complexity index is 2030. The Labute approximate surface area is 230 Å². The summed E-state index contributed by atoms with van der Waals surface area (Å²) in [5.41, 5.74) is 4.74. The van der Waals surface area contributed by atoms with Gasteiger partial charge in [-0.1, -0.05) is 86.0 Å². The zero-order chi connectivity index (χ0) is 25.3. The molecule has 1 heterocycles. The molecule has 0 unspecified atom stereocenters. The van der Waals surface area contributed by atoms with Crippen LogP contribution in [-0.2, 0) is 0 Å². The summed E-state index contributed by atoms with van der Waals surface area (Å²) in [4.78, 5) is 5.26. The minimum atomic E-state index is 0.210. The number of halogens is 2. The third-order valence-electron chi connectivity index (χ3n) is 7.01. The van der Waals surface area contributed by atoms with Crippen molar-refractivity contribution in [2.45, 2.75) is 6.92 Å². The van der Waals surface area contributed by atoms with Gasteiger partial charge in [-0.15, -0.1) is 0 Å². The first-order valence-electron chi connectivity index (χ1n) is 12.0. The zero-order valence-corrected chi connectivity index (χ0v) is 23.0. The lowest BCUT2D eigenvalue weighted by molar-refractivity contribution is 0.477. The summed E-state index contributed by atoms with van der Waals surface area (Å²) >= 11 is 7.37. The molecule has 0 saturated heterocycles. The van der Waals surface area contributed by atoms with Gasteiger partial charge in [-0.25, -0.2) is 4.98 Å². The fourth-order valence-corrected chi connectivity index (χ4v) is 6.07. The van der Waals surface area contributed by atoms with Gasteiger partial charge in [0.05, 0.1) is 16.6 Å². The second-order valence-corrected chi connectivity index (χ2v) is 11.2. The number of aromatic hydroxyl groups is 1. The number of fused-ring (bicyclic) bond motifs is 7. The summed E-state index contributed by atoms with van der Waals surface area (Å²) in [6.45, 7) is 2.06. The molecule has 0 fully saturated rings. The van der Waals surface area contributed by atoms with Crippen LogP contribution >= 0.6 is 31.9 Å². The highest BCUT2D eigenvalue weighted by Gasteiger charge is 2.22. The summed E-state index contributed by atoms with van der Waals surface area (Å²) in [5, 5.41) is 17.8. The second-order valence-electron chi connectivity index (χ2n) is 9.40. The molecule has 0 radical (unpaired) electrons. The number of aryl methyl sites for hydroxylation is 1. The molecular formula is C32H20Br2N2O. The molecule has 0 aliphatic heterocycles. The van der Waals surface area contributed by atoms with Crippen LogP contribution in [0.5, 0.6) is 5.75 Å². The molecule has 6 aromatic carbocycles. The number of rotatable bonds is 2. The third kappa shape index (κ3) is 3.57. The molecule has 0 aliphatic rings. The predicted molar refractivity (Wildman–Crippen MR) is 161 cm³/mol. The fourth-order valence-electron chi connectivity index (χ4n) is 5.34. The third-order valence-corrected chi connectivity index (χ3v) is 7.99. The van der Waals surface area contributed by atoms with Gasteiger partial charge in [-0.3, -0.25) is 4.57 Å². The first-order chi connectivity index (χ1) is 18.0. The average molecular weight is 608 g/mol.